The molecule has 0 amide bonds. The molecule has 0 N–H and O–H groups in total. The molecular formula is C11H27NO4. The van der Waals surface area contributed by atoms with Gasteiger partial charge in [0, 0.05) is 48.1 Å². The normalized spacial score (nSPS) is 15.6. The van der Waals surface area contributed by atoms with Crippen LogP contribution in [0.4, 0.5) is 0 Å². The Hall–Kier alpha value is -0.200. The number of methoxy groups -OCH3 is 3. The summed E-state index contributed by atoms with van der Waals surface area (Å²) in [5.74, 6) is 0. The van der Waals surface area contributed by atoms with Gasteiger partial charge in [-0.05, 0) is 6.92 Å². The molecule has 100 valence electrons. The van der Waals surface area contributed by atoms with Gasteiger partial charge in [-0.25, -0.2) is 0 Å². The minimum Gasteiger partial charge on any atom is -0.388 e. The first-order valence-corrected chi connectivity index (χ1v) is 5.44. The quantitative estimate of drug-likeness (QED) is 0.727. The van der Waals surface area contributed by atoms with E-state index in [1.165, 1.54) is 0 Å². The third-order valence-corrected chi connectivity index (χ3v) is 1.70. The average molecular weight is 237 g/mol. The number of rotatable bonds is 3. The molecule has 0 unspecified atom stereocenters. The van der Waals surface area contributed by atoms with Crippen LogP contribution in [-0.4, -0.2) is 73.0 Å². The van der Waals surface area contributed by atoms with E-state index in [1.807, 2.05) is 6.92 Å². The molecule has 1 heterocycles. The Bertz CT molecular complexity index is 103. The fraction of sp³-hybridized carbons (Fsp3) is 1.00. The molecule has 5 heteroatoms. The maximum Gasteiger partial charge on any atom is 0.0987 e. The number of morpholine rings is 1. The molecule has 1 aliphatic heterocycles. The van der Waals surface area contributed by atoms with E-state index in [0.29, 0.717) is 0 Å². The van der Waals surface area contributed by atoms with Gasteiger partial charge in [-0.1, -0.05) is 0 Å². The summed E-state index contributed by atoms with van der Waals surface area (Å²) in [4.78, 5) is 2.23. The molecule has 0 radical (unpaired) electrons. The van der Waals surface area contributed by atoms with Crippen molar-refractivity contribution in [1.82, 2.24) is 4.90 Å². The zero-order chi connectivity index (χ0) is 12.6. The Balaban J connectivity index is 0. The van der Waals surface area contributed by atoms with Crippen LogP contribution in [0.2, 0.25) is 0 Å². The monoisotopic (exact) mass is 237 g/mol. The molecular weight excluding hydrogens is 210 g/mol. The second-order valence-corrected chi connectivity index (χ2v) is 3.13. The molecule has 5 nitrogen and oxygen atoms in total. The Labute approximate surface area is 99.6 Å². The largest absolute Gasteiger partial charge is 0.388 e. The maximum atomic E-state index is 5.15. The number of ether oxygens (including phenoxy) is 4. The van der Waals surface area contributed by atoms with Gasteiger partial charge >= 0.3 is 0 Å². The Morgan fingerprint density at radius 1 is 1.00 bits per heavy atom. The van der Waals surface area contributed by atoms with Gasteiger partial charge < -0.3 is 18.9 Å². The van der Waals surface area contributed by atoms with Crippen LogP contribution >= 0.6 is 0 Å². The van der Waals surface area contributed by atoms with Gasteiger partial charge in [0.25, 0.3) is 0 Å². The average Bonchev–Trinajstić information content (AvgIpc) is 2.32. The third-order valence-electron chi connectivity index (χ3n) is 1.70. The highest BCUT2D eigenvalue weighted by Gasteiger charge is 2.07. The van der Waals surface area contributed by atoms with Crippen molar-refractivity contribution < 1.29 is 18.9 Å². The van der Waals surface area contributed by atoms with Crippen LogP contribution < -0.4 is 0 Å². The van der Waals surface area contributed by atoms with E-state index in [4.69, 9.17) is 9.47 Å². The van der Waals surface area contributed by atoms with Crippen molar-refractivity contribution in [3.05, 3.63) is 0 Å². The second-order valence-electron chi connectivity index (χ2n) is 3.13. The van der Waals surface area contributed by atoms with Crippen LogP contribution in [0.3, 0.4) is 0 Å². The predicted octanol–water partition coefficient (Wildman–Crippen LogP) is 0.838. The van der Waals surface area contributed by atoms with Crippen LogP contribution in [0.5, 0.6) is 0 Å². The summed E-state index contributed by atoms with van der Waals surface area (Å²) in [5.41, 5.74) is 0. The molecule has 0 aliphatic carbocycles. The minimum absolute atomic E-state index is 0.739. The Kier molecular flexibility index (Phi) is 19.5. The lowest BCUT2D eigenvalue weighted by molar-refractivity contribution is -0.0178. The Morgan fingerprint density at radius 2 is 1.44 bits per heavy atom. The van der Waals surface area contributed by atoms with E-state index in [9.17, 15) is 0 Å². The topological polar surface area (TPSA) is 40.2 Å². The van der Waals surface area contributed by atoms with Gasteiger partial charge in [0.1, 0.15) is 0 Å². The lowest BCUT2D eigenvalue weighted by Crippen LogP contribution is -2.37. The van der Waals surface area contributed by atoms with Crippen LogP contribution in [0.15, 0.2) is 0 Å². The van der Waals surface area contributed by atoms with Gasteiger partial charge in [0.2, 0.25) is 0 Å². The van der Waals surface area contributed by atoms with Crippen molar-refractivity contribution in [2.75, 3.05) is 68.1 Å². The van der Waals surface area contributed by atoms with E-state index in [1.54, 1.807) is 28.4 Å². The van der Waals surface area contributed by atoms with Crippen LogP contribution in [0, 0.1) is 0 Å². The molecule has 0 bridgehead atoms. The van der Waals surface area contributed by atoms with Crippen molar-refractivity contribution >= 4 is 0 Å². The zero-order valence-electron chi connectivity index (χ0n) is 11.3. The SMILES string of the molecule is CCOC.COC.COCN1CCOCC1. The van der Waals surface area contributed by atoms with Gasteiger partial charge in [-0.15, -0.1) is 0 Å². The lowest BCUT2D eigenvalue weighted by atomic mass is 10.5. The summed E-state index contributed by atoms with van der Waals surface area (Å²) < 4.78 is 18.9. The Morgan fingerprint density at radius 3 is 1.75 bits per heavy atom. The molecule has 0 aromatic rings. The first-order chi connectivity index (χ1) is 7.76. The standard InChI is InChI=1S/C6H13NO2.C3H8O.C2H6O/c1-8-6-7-2-4-9-5-3-7;1-3-4-2;1-3-2/h2-6H2,1H3;3H2,1-2H3;1-2H3. The predicted molar refractivity (Wildman–Crippen MR) is 64.8 cm³/mol. The van der Waals surface area contributed by atoms with Crippen LogP contribution in [-0.2, 0) is 18.9 Å². The van der Waals surface area contributed by atoms with Crippen LogP contribution in [0.1, 0.15) is 6.92 Å². The number of hydrogen-bond donors (Lipinski definition) is 0. The maximum absolute atomic E-state index is 5.15. The van der Waals surface area contributed by atoms with E-state index in [0.717, 1.165) is 39.6 Å². The van der Waals surface area contributed by atoms with Gasteiger partial charge in [0.15, 0.2) is 0 Å². The summed E-state index contributed by atoms with van der Waals surface area (Å²) in [6.07, 6.45) is 0. The highest BCUT2D eigenvalue weighted by molar-refractivity contribution is 4.56. The summed E-state index contributed by atoms with van der Waals surface area (Å²) in [5, 5.41) is 0. The summed E-state index contributed by atoms with van der Waals surface area (Å²) in [6, 6.07) is 0. The van der Waals surface area contributed by atoms with Crippen LogP contribution in [0.25, 0.3) is 0 Å². The van der Waals surface area contributed by atoms with Crippen molar-refractivity contribution in [1.29, 1.82) is 0 Å². The number of hydrogen-bond acceptors (Lipinski definition) is 5. The zero-order valence-corrected chi connectivity index (χ0v) is 11.3. The van der Waals surface area contributed by atoms with Crippen molar-refractivity contribution in [2.45, 2.75) is 6.92 Å². The van der Waals surface area contributed by atoms with Gasteiger partial charge in [-0.2, -0.15) is 0 Å². The molecule has 1 saturated heterocycles. The van der Waals surface area contributed by atoms with Gasteiger partial charge in [-0.3, -0.25) is 4.90 Å². The highest BCUT2D eigenvalue weighted by atomic mass is 16.5. The van der Waals surface area contributed by atoms with E-state index in [-0.39, 0.29) is 0 Å². The van der Waals surface area contributed by atoms with Gasteiger partial charge in [0.05, 0.1) is 19.9 Å². The first kappa shape index (κ1) is 18.2. The van der Waals surface area contributed by atoms with Crippen molar-refractivity contribution in [3.8, 4) is 0 Å². The summed E-state index contributed by atoms with van der Waals surface area (Å²) in [7, 11) is 6.65. The fourth-order valence-electron chi connectivity index (χ4n) is 0.913. The highest BCUT2D eigenvalue weighted by Crippen LogP contribution is 1.94. The third kappa shape index (κ3) is 16.2. The fourth-order valence-corrected chi connectivity index (χ4v) is 0.913. The van der Waals surface area contributed by atoms with E-state index in [2.05, 4.69) is 14.4 Å². The van der Waals surface area contributed by atoms with E-state index < -0.39 is 0 Å². The molecule has 0 spiro atoms. The van der Waals surface area contributed by atoms with E-state index >= 15 is 0 Å². The molecule has 16 heavy (non-hydrogen) atoms. The smallest absolute Gasteiger partial charge is 0.0987 e. The molecule has 1 fully saturated rings. The molecule has 0 aromatic heterocycles. The molecule has 0 aromatic carbocycles. The minimum atomic E-state index is 0.739. The van der Waals surface area contributed by atoms with Crippen molar-refractivity contribution in [2.24, 2.45) is 0 Å². The molecule has 1 aliphatic rings. The molecule has 1 rings (SSSR count). The second kappa shape index (κ2) is 17.2. The molecule has 0 atom stereocenters. The molecule has 0 saturated carbocycles. The first-order valence-electron chi connectivity index (χ1n) is 5.44. The summed E-state index contributed by atoms with van der Waals surface area (Å²) >= 11 is 0. The summed E-state index contributed by atoms with van der Waals surface area (Å²) in [6.45, 7) is 7.23. The van der Waals surface area contributed by atoms with Crippen molar-refractivity contribution in [3.63, 3.8) is 0 Å². The number of nitrogens with zero attached hydrogens (tertiary/aromatic N) is 1. The lowest BCUT2D eigenvalue weighted by Gasteiger charge is -2.25.